The first kappa shape index (κ1) is 12.4. The number of hydrogen-bond donors (Lipinski definition) is 1. The molecule has 2 amide bonds. The molecule has 0 radical (unpaired) electrons. The minimum absolute atomic E-state index is 0.186. The lowest BCUT2D eigenvalue weighted by atomic mass is 9.98. The number of nitrogens with zero attached hydrogens (tertiary/aromatic N) is 1. The van der Waals surface area contributed by atoms with Crippen LogP contribution in [0.4, 0.5) is 11.4 Å². The van der Waals surface area contributed by atoms with E-state index in [1.54, 1.807) is 24.3 Å². The van der Waals surface area contributed by atoms with E-state index in [1.165, 1.54) is 4.90 Å². The molecule has 20 heavy (non-hydrogen) atoms. The van der Waals surface area contributed by atoms with E-state index in [2.05, 4.69) is 0 Å². The Kier molecular flexibility index (Phi) is 2.99. The van der Waals surface area contributed by atoms with Crippen molar-refractivity contribution in [3.05, 3.63) is 60.2 Å². The Hall–Kier alpha value is -2.62. The van der Waals surface area contributed by atoms with E-state index in [0.29, 0.717) is 11.4 Å². The van der Waals surface area contributed by atoms with Gasteiger partial charge in [0.25, 0.3) is 0 Å². The quantitative estimate of drug-likeness (QED) is 0.670. The van der Waals surface area contributed by atoms with Gasteiger partial charge in [-0.2, -0.15) is 0 Å². The Bertz CT molecular complexity index is 667. The summed E-state index contributed by atoms with van der Waals surface area (Å²) in [5.41, 5.74) is 7.66. The molecule has 3 rings (SSSR count). The van der Waals surface area contributed by atoms with Gasteiger partial charge < -0.3 is 5.73 Å². The van der Waals surface area contributed by atoms with Crippen LogP contribution in [-0.4, -0.2) is 11.8 Å². The van der Waals surface area contributed by atoms with Crippen molar-refractivity contribution >= 4 is 23.2 Å². The molecule has 1 saturated heterocycles. The number of nitrogen functional groups attached to an aromatic ring is 1. The van der Waals surface area contributed by atoms with Crippen LogP contribution in [0.25, 0.3) is 0 Å². The van der Waals surface area contributed by atoms with Crippen molar-refractivity contribution in [3.63, 3.8) is 0 Å². The molecule has 1 aliphatic rings. The van der Waals surface area contributed by atoms with Gasteiger partial charge in [0.1, 0.15) is 0 Å². The number of nitrogens with two attached hydrogens (primary N) is 1. The van der Waals surface area contributed by atoms with Gasteiger partial charge in [-0.05, 0) is 23.8 Å². The summed E-state index contributed by atoms with van der Waals surface area (Å²) in [4.78, 5) is 25.9. The van der Waals surface area contributed by atoms with Gasteiger partial charge in [0.05, 0.1) is 11.6 Å². The molecule has 1 fully saturated rings. The number of hydrogen-bond acceptors (Lipinski definition) is 3. The highest BCUT2D eigenvalue weighted by atomic mass is 16.2. The highest BCUT2D eigenvalue weighted by molar-refractivity contribution is 6.22. The third-order valence-corrected chi connectivity index (χ3v) is 3.48. The summed E-state index contributed by atoms with van der Waals surface area (Å²) in [6.07, 6.45) is 0.206. The third kappa shape index (κ3) is 2.05. The van der Waals surface area contributed by atoms with Crippen molar-refractivity contribution in [3.8, 4) is 0 Å². The van der Waals surface area contributed by atoms with E-state index in [9.17, 15) is 9.59 Å². The van der Waals surface area contributed by atoms with Crippen molar-refractivity contribution in [2.45, 2.75) is 12.3 Å². The second-order valence-electron chi connectivity index (χ2n) is 4.83. The Labute approximate surface area is 116 Å². The van der Waals surface area contributed by atoms with E-state index in [4.69, 9.17) is 5.73 Å². The minimum atomic E-state index is -0.398. The zero-order valence-electron chi connectivity index (χ0n) is 10.8. The second-order valence-corrected chi connectivity index (χ2v) is 4.83. The number of carbonyl (C=O) groups excluding carboxylic acids is 2. The van der Waals surface area contributed by atoms with Crippen LogP contribution >= 0.6 is 0 Å². The lowest BCUT2D eigenvalue weighted by molar-refractivity contribution is -0.121. The molecule has 1 heterocycles. The molecule has 2 aromatic carbocycles. The predicted octanol–water partition coefficient (Wildman–Crippen LogP) is 2.32. The summed E-state index contributed by atoms with van der Waals surface area (Å²) >= 11 is 0. The SMILES string of the molecule is Nc1cccc(N2C(=O)CC(c3ccccc3)C2=O)c1. The fourth-order valence-corrected chi connectivity index (χ4v) is 2.51. The molecular weight excluding hydrogens is 252 g/mol. The first-order valence-electron chi connectivity index (χ1n) is 6.44. The number of anilines is 2. The van der Waals surface area contributed by atoms with Crippen LogP contribution < -0.4 is 10.6 Å². The van der Waals surface area contributed by atoms with Gasteiger partial charge in [-0.3, -0.25) is 9.59 Å². The van der Waals surface area contributed by atoms with Gasteiger partial charge in [-0.15, -0.1) is 0 Å². The highest BCUT2D eigenvalue weighted by Crippen LogP contribution is 2.33. The molecule has 1 unspecified atom stereocenters. The van der Waals surface area contributed by atoms with Gasteiger partial charge in [-0.25, -0.2) is 4.90 Å². The van der Waals surface area contributed by atoms with E-state index in [0.717, 1.165) is 5.56 Å². The van der Waals surface area contributed by atoms with Crippen molar-refractivity contribution in [1.82, 2.24) is 0 Å². The molecule has 0 aliphatic carbocycles. The lowest BCUT2D eigenvalue weighted by Gasteiger charge is -2.15. The fourth-order valence-electron chi connectivity index (χ4n) is 2.51. The van der Waals surface area contributed by atoms with Gasteiger partial charge in [0, 0.05) is 12.1 Å². The van der Waals surface area contributed by atoms with Gasteiger partial charge >= 0.3 is 0 Å². The van der Waals surface area contributed by atoms with Crippen LogP contribution in [0.3, 0.4) is 0 Å². The number of imide groups is 1. The van der Waals surface area contributed by atoms with E-state index in [1.807, 2.05) is 30.3 Å². The molecule has 0 spiro atoms. The molecular formula is C16H14N2O2. The topological polar surface area (TPSA) is 63.4 Å². The smallest absolute Gasteiger partial charge is 0.241 e. The van der Waals surface area contributed by atoms with Gasteiger partial charge in [0.2, 0.25) is 11.8 Å². The van der Waals surface area contributed by atoms with E-state index < -0.39 is 5.92 Å². The summed E-state index contributed by atoms with van der Waals surface area (Å²) in [5.74, 6) is -0.772. The molecule has 2 aromatic rings. The monoisotopic (exact) mass is 266 g/mol. The van der Waals surface area contributed by atoms with Crippen LogP contribution in [0, 0.1) is 0 Å². The fraction of sp³-hybridized carbons (Fsp3) is 0.125. The zero-order chi connectivity index (χ0) is 14.1. The highest BCUT2D eigenvalue weighted by Gasteiger charge is 2.40. The first-order chi connectivity index (χ1) is 9.66. The Balaban J connectivity index is 1.95. The van der Waals surface area contributed by atoms with Crippen molar-refractivity contribution < 1.29 is 9.59 Å². The van der Waals surface area contributed by atoms with Crippen LogP contribution in [0.5, 0.6) is 0 Å². The van der Waals surface area contributed by atoms with Crippen molar-refractivity contribution in [1.29, 1.82) is 0 Å². The zero-order valence-corrected chi connectivity index (χ0v) is 10.8. The van der Waals surface area contributed by atoms with Crippen LogP contribution in [0.2, 0.25) is 0 Å². The molecule has 2 N–H and O–H groups in total. The Morgan fingerprint density at radius 2 is 1.75 bits per heavy atom. The summed E-state index contributed by atoms with van der Waals surface area (Å²) in [6, 6.07) is 16.2. The van der Waals surface area contributed by atoms with E-state index in [-0.39, 0.29) is 18.2 Å². The Morgan fingerprint density at radius 1 is 1.00 bits per heavy atom. The van der Waals surface area contributed by atoms with Crippen molar-refractivity contribution in [2.75, 3.05) is 10.6 Å². The van der Waals surface area contributed by atoms with Crippen LogP contribution in [0.15, 0.2) is 54.6 Å². The number of rotatable bonds is 2. The average molecular weight is 266 g/mol. The van der Waals surface area contributed by atoms with Crippen LogP contribution in [-0.2, 0) is 9.59 Å². The van der Waals surface area contributed by atoms with E-state index >= 15 is 0 Å². The first-order valence-corrected chi connectivity index (χ1v) is 6.44. The van der Waals surface area contributed by atoms with Crippen molar-refractivity contribution in [2.24, 2.45) is 0 Å². The largest absolute Gasteiger partial charge is 0.399 e. The standard InChI is InChI=1S/C16H14N2O2/c17-12-7-4-8-13(9-12)18-15(19)10-14(16(18)20)11-5-2-1-3-6-11/h1-9,14H,10,17H2. The predicted molar refractivity (Wildman–Crippen MR) is 77.1 cm³/mol. The number of amides is 2. The molecule has 100 valence electrons. The molecule has 0 saturated carbocycles. The summed E-state index contributed by atoms with van der Waals surface area (Å²) in [7, 11) is 0. The minimum Gasteiger partial charge on any atom is -0.399 e. The molecule has 1 atom stereocenters. The van der Waals surface area contributed by atoms with Gasteiger partial charge in [0.15, 0.2) is 0 Å². The summed E-state index contributed by atoms with van der Waals surface area (Å²) < 4.78 is 0. The van der Waals surface area contributed by atoms with Crippen LogP contribution in [0.1, 0.15) is 17.9 Å². The molecule has 4 heteroatoms. The average Bonchev–Trinajstić information content (AvgIpc) is 2.75. The maximum absolute atomic E-state index is 12.5. The second kappa shape index (κ2) is 4.81. The maximum atomic E-state index is 12.5. The summed E-state index contributed by atoms with van der Waals surface area (Å²) in [6.45, 7) is 0. The third-order valence-electron chi connectivity index (χ3n) is 3.48. The number of carbonyl (C=O) groups is 2. The maximum Gasteiger partial charge on any atom is 0.241 e. The summed E-state index contributed by atoms with van der Waals surface area (Å²) in [5, 5.41) is 0. The molecule has 1 aliphatic heterocycles. The lowest BCUT2D eigenvalue weighted by Crippen LogP contribution is -2.30. The Morgan fingerprint density at radius 3 is 2.45 bits per heavy atom. The normalized spacial score (nSPS) is 18.6. The van der Waals surface area contributed by atoms with Gasteiger partial charge in [-0.1, -0.05) is 36.4 Å². The molecule has 0 bridgehead atoms. The molecule has 4 nitrogen and oxygen atoms in total. The number of benzene rings is 2. The molecule has 0 aromatic heterocycles.